The van der Waals surface area contributed by atoms with Gasteiger partial charge in [-0.1, -0.05) is 30.7 Å². The van der Waals surface area contributed by atoms with Crippen LogP contribution in [-0.4, -0.2) is 38.6 Å². The number of likely N-dealkylation sites (N-methyl/N-ethyl adjacent to an activating group) is 1. The Balaban J connectivity index is 1.58. The predicted octanol–water partition coefficient (Wildman–Crippen LogP) is 5.14. The summed E-state index contributed by atoms with van der Waals surface area (Å²) in [5.74, 6) is 0.0233. The smallest absolute Gasteiger partial charge is 0.270 e. The van der Waals surface area contributed by atoms with Crippen LogP contribution in [0.2, 0.25) is 5.02 Å². The molecule has 0 bridgehead atoms. The van der Waals surface area contributed by atoms with Gasteiger partial charge in [-0.3, -0.25) is 9.59 Å². The monoisotopic (exact) mass is 528 g/mol. The first-order chi connectivity index (χ1) is 16.9. The maximum atomic E-state index is 13.0. The highest BCUT2D eigenvalue weighted by atomic mass is 35.5. The number of rotatable bonds is 9. The molecule has 0 aromatic heterocycles. The third-order valence-electron chi connectivity index (χ3n) is 5.57. The second-order valence-electron chi connectivity index (χ2n) is 8.75. The summed E-state index contributed by atoms with van der Waals surface area (Å²) in [6, 6.07) is 20.0. The van der Waals surface area contributed by atoms with E-state index in [0.717, 1.165) is 0 Å². The van der Waals surface area contributed by atoms with Crippen LogP contribution in [0.3, 0.4) is 0 Å². The number of halogens is 1. The lowest BCUT2D eigenvalue weighted by Crippen LogP contribution is -2.47. The molecule has 0 spiro atoms. The Kier molecular flexibility index (Phi) is 8.43. The Morgan fingerprint density at radius 1 is 0.944 bits per heavy atom. The van der Waals surface area contributed by atoms with Gasteiger partial charge in [0.2, 0.25) is 5.91 Å². The summed E-state index contributed by atoms with van der Waals surface area (Å²) >= 11 is 5.93. The Bertz CT molecular complexity index is 1320. The van der Waals surface area contributed by atoms with Gasteiger partial charge in [-0.15, -0.1) is 0 Å². The maximum absolute atomic E-state index is 13.0. The van der Waals surface area contributed by atoms with Gasteiger partial charge in [-0.25, -0.2) is 8.42 Å². The van der Waals surface area contributed by atoms with Crippen molar-refractivity contribution in [2.75, 3.05) is 23.0 Å². The average Bonchev–Trinajstić information content (AvgIpc) is 2.85. The van der Waals surface area contributed by atoms with Crippen LogP contribution < -0.4 is 15.0 Å². The Morgan fingerprint density at radius 2 is 1.53 bits per heavy atom. The van der Waals surface area contributed by atoms with Crippen LogP contribution in [0.5, 0.6) is 5.75 Å². The van der Waals surface area contributed by atoms with Crippen LogP contribution in [-0.2, 0) is 25.8 Å². The topological polar surface area (TPSA) is 92.8 Å². The number of nitrogens with one attached hydrogen (secondary N) is 1. The van der Waals surface area contributed by atoms with E-state index in [2.05, 4.69) is 5.32 Å². The molecule has 7 nitrogen and oxygen atoms in total. The van der Waals surface area contributed by atoms with Gasteiger partial charge >= 0.3 is 0 Å². The number of benzene rings is 3. The molecule has 0 saturated carbocycles. The van der Waals surface area contributed by atoms with E-state index >= 15 is 0 Å². The SMILES string of the molecule is CCS(=O)(=O)c1ccc(CC(=O)Nc2ccc(OC(C)(C)C(=O)N(C)c3ccc(Cl)cc3)cc2)cc1. The highest BCUT2D eigenvalue weighted by molar-refractivity contribution is 7.91. The summed E-state index contributed by atoms with van der Waals surface area (Å²) in [7, 11) is -1.60. The van der Waals surface area contributed by atoms with E-state index in [-0.39, 0.29) is 28.9 Å². The molecule has 190 valence electrons. The number of anilines is 2. The minimum absolute atomic E-state index is 0.0247. The van der Waals surface area contributed by atoms with Crippen molar-refractivity contribution in [2.24, 2.45) is 0 Å². The molecule has 3 aromatic rings. The zero-order valence-electron chi connectivity index (χ0n) is 20.6. The van der Waals surface area contributed by atoms with E-state index in [0.29, 0.717) is 27.7 Å². The number of hydrogen-bond donors (Lipinski definition) is 1. The molecule has 0 aliphatic rings. The molecule has 9 heteroatoms. The summed E-state index contributed by atoms with van der Waals surface area (Å²) in [6.45, 7) is 4.97. The Morgan fingerprint density at radius 3 is 2.08 bits per heavy atom. The molecule has 1 N–H and O–H groups in total. The molecule has 0 aliphatic heterocycles. The summed E-state index contributed by atoms with van der Waals surface area (Å²) in [5, 5.41) is 3.39. The maximum Gasteiger partial charge on any atom is 0.270 e. The largest absolute Gasteiger partial charge is 0.478 e. The fraction of sp³-hybridized carbons (Fsp3) is 0.259. The lowest BCUT2D eigenvalue weighted by atomic mass is 10.1. The van der Waals surface area contributed by atoms with Crippen molar-refractivity contribution in [3.05, 3.63) is 83.4 Å². The van der Waals surface area contributed by atoms with Crippen molar-refractivity contribution in [1.29, 1.82) is 0 Å². The quantitative estimate of drug-likeness (QED) is 0.415. The number of hydrogen-bond acceptors (Lipinski definition) is 5. The number of ether oxygens (including phenoxy) is 1. The Hall–Kier alpha value is -3.36. The summed E-state index contributed by atoms with van der Waals surface area (Å²) in [4.78, 5) is 27.2. The Labute approximate surface area is 217 Å². The molecular weight excluding hydrogens is 500 g/mol. The van der Waals surface area contributed by atoms with E-state index in [1.54, 1.807) is 88.5 Å². The minimum Gasteiger partial charge on any atom is -0.478 e. The lowest BCUT2D eigenvalue weighted by Gasteiger charge is -2.30. The number of amides is 2. The van der Waals surface area contributed by atoms with Crippen molar-refractivity contribution in [3.8, 4) is 5.75 Å². The molecule has 36 heavy (non-hydrogen) atoms. The lowest BCUT2D eigenvalue weighted by molar-refractivity contribution is -0.131. The number of carbonyl (C=O) groups excluding carboxylic acids is 2. The molecular formula is C27H29ClN2O5S. The van der Waals surface area contributed by atoms with Crippen LogP contribution in [0.4, 0.5) is 11.4 Å². The standard InChI is InChI=1S/C27H29ClN2O5S/c1-5-36(33,34)24-16-6-19(7-17-24)18-25(31)29-21-10-14-23(15-11-21)35-27(2,3)26(32)30(4)22-12-8-20(28)9-13-22/h6-17H,5,18H2,1-4H3,(H,29,31). The van der Waals surface area contributed by atoms with Gasteiger partial charge in [0.05, 0.1) is 17.1 Å². The second kappa shape index (κ2) is 11.1. The molecule has 3 rings (SSSR count). The number of sulfone groups is 1. The third-order valence-corrected chi connectivity index (χ3v) is 7.57. The molecule has 0 radical (unpaired) electrons. The second-order valence-corrected chi connectivity index (χ2v) is 11.5. The van der Waals surface area contributed by atoms with E-state index < -0.39 is 15.4 Å². The van der Waals surface area contributed by atoms with Crippen molar-refractivity contribution < 1.29 is 22.7 Å². The van der Waals surface area contributed by atoms with Crippen molar-refractivity contribution >= 4 is 44.6 Å². The number of nitrogens with zero attached hydrogens (tertiary/aromatic N) is 1. The van der Waals surface area contributed by atoms with Crippen LogP contribution in [0.15, 0.2) is 77.7 Å². The first-order valence-corrected chi connectivity index (χ1v) is 13.4. The van der Waals surface area contributed by atoms with Gasteiger partial charge in [0.15, 0.2) is 15.4 Å². The van der Waals surface area contributed by atoms with Gasteiger partial charge < -0.3 is 15.0 Å². The van der Waals surface area contributed by atoms with Crippen LogP contribution >= 0.6 is 11.6 Å². The summed E-state index contributed by atoms with van der Waals surface area (Å²) in [5.41, 5.74) is 0.824. The van der Waals surface area contributed by atoms with Gasteiger partial charge in [-0.2, -0.15) is 0 Å². The molecule has 0 atom stereocenters. The highest BCUT2D eigenvalue weighted by Gasteiger charge is 2.33. The van der Waals surface area contributed by atoms with E-state index in [9.17, 15) is 18.0 Å². The van der Waals surface area contributed by atoms with Crippen LogP contribution in [0.1, 0.15) is 26.3 Å². The molecule has 0 aliphatic carbocycles. The third kappa shape index (κ3) is 6.86. The summed E-state index contributed by atoms with van der Waals surface area (Å²) in [6.07, 6.45) is 0.100. The van der Waals surface area contributed by atoms with Crippen molar-refractivity contribution in [2.45, 2.75) is 37.7 Å². The normalized spacial score (nSPS) is 11.6. The minimum atomic E-state index is -3.28. The molecule has 0 saturated heterocycles. The molecule has 0 heterocycles. The van der Waals surface area contributed by atoms with Gasteiger partial charge in [0.25, 0.3) is 5.91 Å². The van der Waals surface area contributed by atoms with Gasteiger partial charge in [-0.05, 0) is 80.1 Å². The molecule has 0 fully saturated rings. The van der Waals surface area contributed by atoms with Crippen molar-refractivity contribution in [3.63, 3.8) is 0 Å². The highest BCUT2D eigenvalue weighted by Crippen LogP contribution is 2.25. The zero-order chi connectivity index (χ0) is 26.5. The van der Waals surface area contributed by atoms with Gasteiger partial charge in [0.1, 0.15) is 5.75 Å². The molecule has 2 amide bonds. The van der Waals surface area contributed by atoms with Crippen LogP contribution in [0, 0.1) is 0 Å². The van der Waals surface area contributed by atoms with E-state index in [1.165, 1.54) is 17.0 Å². The average molecular weight is 529 g/mol. The predicted molar refractivity (Wildman–Crippen MR) is 143 cm³/mol. The zero-order valence-corrected chi connectivity index (χ0v) is 22.2. The first kappa shape index (κ1) is 27.2. The van der Waals surface area contributed by atoms with E-state index in [1.807, 2.05) is 0 Å². The molecule has 3 aromatic carbocycles. The molecule has 0 unspecified atom stereocenters. The summed E-state index contributed by atoms with van der Waals surface area (Å²) < 4.78 is 29.8. The fourth-order valence-corrected chi connectivity index (χ4v) is 4.51. The first-order valence-electron chi connectivity index (χ1n) is 11.4. The fourth-order valence-electron chi connectivity index (χ4n) is 3.50. The number of carbonyl (C=O) groups is 2. The van der Waals surface area contributed by atoms with Crippen LogP contribution in [0.25, 0.3) is 0 Å². The van der Waals surface area contributed by atoms with Gasteiger partial charge in [0, 0.05) is 23.4 Å². The van der Waals surface area contributed by atoms with Crippen molar-refractivity contribution in [1.82, 2.24) is 0 Å². The van der Waals surface area contributed by atoms with E-state index in [4.69, 9.17) is 16.3 Å².